The first-order valence-electron chi connectivity index (χ1n) is 9.80. The smallest absolute Gasteiger partial charge is 0.254 e. The standard InChI is InChI=1S/2C12H15NO/c2*1-12(2,3)13-8-9-6-4-5-7-10(9)11(13)14/h2*4-7H,8H2,1-3H3. The first-order chi connectivity index (χ1) is 13.0. The third-order valence-corrected chi connectivity index (χ3v) is 5.26. The number of hydrogen-bond acceptors (Lipinski definition) is 2. The molecule has 148 valence electrons. The molecule has 4 heteroatoms. The maximum Gasteiger partial charge on any atom is 0.254 e. The zero-order valence-corrected chi connectivity index (χ0v) is 17.7. The highest BCUT2D eigenvalue weighted by atomic mass is 16.2. The normalized spacial score (nSPS) is 15.9. The fourth-order valence-corrected chi connectivity index (χ4v) is 3.59. The van der Waals surface area contributed by atoms with Crippen LogP contribution in [0.4, 0.5) is 0 Å². The van der Waals surface area contributed by atoms with Gasteiger partial charge in [0, 0.05) is 35.3 Å². The van der Waals surface area contributed by atoms with Crippen LogP contribution in [0.2, 0.25) is 0 Å². The highest BCUT2D eigenvalue weighted by molar-refractivity contribution is 5.99. The van der Waals surface area contributed by atoms with Crippen LogP contribution >= 0.6 is 0 Å². The molecular weight excluding hydrogens is 348 g/mol. The molecular formula is C24H30N2O2. The summed E-state index contributed by atoms with van der Waals surface area (Å²) in [5, 5.41) is 0. The summed E-state index contributed by atoms with van der Waals surface area (Å²) in [6.07, 6.45) is 0. The Labute approximate surface area is 168 Å². The predicted octanol–water partition coefficient (Wildman–Crippen LogP) is 4.88. The van der Waals surface area contributed by atoms with Gasteiger partial charge in [0.05, 0.1) is 0 Å². The third kappa shape index (κ3) is 3.82. The SMILES string of the molecule is CC(C)(C)N1Cc2ccccc2C1=O.CC(C)(C)N1Cc2ccccc2C1=O. The summed E-state index contributed by atoms with van der Waals surface area (Å²) in [5.41, 5.74) is 3.84. The lowest BCUT2D eigenvalue weighted by atomic mass is 10.1. The minimum atomic E-state index is -0.0872. The van der Waals surface area contributed by atoms with Crippen molar-refractivity contribution in [3.8, 4) is 0 Å². The van der Waals surface area contributed by atoms with Crippen molar-refractivity contribution in [2.75, 3.05) is 0 Å². The fraction of sp³-hybridized carbons (Fsp3) is 0.417. The van der Waals surface area contributed by atoms with Gasteiger partial charge in [-0.3, -0.25) is 9.59 Å². The summed E-state index contributed by atoms with van der Waals surface area (Å²) in [7, 11) is 0. The number of carbonyl (C=O) groups excluding carboxylic acids is 2. The Balaban J connectivity index is 0.000000161. The number of rotatable bonds is 0. The van der Waals surface area contributed by atoms with Gasteiger partial charge in [-0.2, -0.15) is 0 Å². The van der Waals surface area contributed by atoms with E-state index < -0.39 is 0 Å². The van der Waals surface area contributed by atoms with Crippen LogP contribution in [-0.2, 0) is 13.1 Å². The first-order valence-corrected chi connectivity index (χ1v) is 9.80. The van der Waals surface area contributed by atoms with Gasteiger partial charge in [-0.1, -0.05) is 36.4 Å². The van der Waals surface area contributed by atoms with Crippen LogP contribution in [0.15, 0.2) is 48.5 Å². The van der Waals surface area contributed by atoms with Gasteiger partial charge in [0.2, 0.25) is 0 Å². The lowest BCUT2D eigenvalue weighted by Gasteiger charge is -2.31. The van der Waals surface area contributed by atoms with Crippen LogP contribution in [0.1, 0.15) is 73.4 Å². The van der Waals surface area contributed by atoms with Crippen LogP contribution in [0, 0.1) is 0 Å². The molecule has 2 aromatic rings. The maximum atomic E-state index is 12.0. The minimum Gasteiger partial charge on any atom is -0.329 e. The third-order valence-electron chi connectivity index (χ3n) is 5.26. The van der Waals surface area contributed by atoms with Gasteiger partial charge >= 0.3 is 0 Å². The largest absolute Gasteiger partial charge is 0.329 e. The Hall–Kier alpha value is -2.62. The van der Waals surface area contributed by atoms with E-state index in [0.29, 0.717) is 0 Å². The number of benzene rings is 2. The van der Waals surface area contributed by atoms with Crippen LogP contribution < -0.4 is 0 Å². The van der Waals surface area contributed by atoms with E-state index in [0.717, 1.165) is 35.3 Å². The number of hydrogen-bond donors (Lipinski definition) is 0. The molecule has 2 heterocycles. The summed E-state index contributed by atoms with van der Waals surface area (Å²) >= 11 is 0. The molecule has 0 saturated carbocycles. The second-order valence-corrected chi connectivity index (χ2v) is 9.44. The van der Waals surface area contributed by atoms with E-state index in [9.17, 15) is 9.59 Å². The summed E-state index contributed by atoms with van der Waals surface area (Å²) in [5.74, 6) is 0.321. The molecule has 0 aromatic heterocycles. The molecule has 0 N–H and O–H groups in total. The summed E-state index contributed by atoms with van der Waals surface area (Å²) in [6.45, 7) is 13.9. The number of amides is 2. The fourth-order valence-electron chi connectivity index (χ4n) is 3.59. The first kappa shape index (κ1) is 20.1. The van der Waals surface area contributed by atoms with Crippen LogP contribution in [0.3, 0.4) is 0 Å². The van der Waals surface area contributed by atoms with Gasteiger partial charge in [-0.15, -0.1) is 0 Å². The van der Waals surface area contributed by atoms with E-state index in [1.165, 1.54) is 0 Å². The molecule has 0 saturated heterocycles. The Morgan fingerprint density at radius 3 is 1.21 bits per heavy atom. The van der Waals surface area contributed by atoms with E-state index in [1.54, 1.807) is 0 Å². The van der Waals surface area contributed by atoms with Crippen molar-refractivity contribution in [2.45, 2.75) is 65.7 Å². The summed E-state index contributed by atoms with van der Waals surface area (Å²) in [4.78, 5) is 27.8. The lowest BCUT2D eigenvalue weighted by molar-refractivity contribution is 0.0600. The highest BCUT2D eigenvalue weighted by Gasteiger charge is 2.35. The molecule has 0 aliphatic carbocycles. The Morgan fingerprint density at radius 2 is 0.929 bits per heavy atom. The average molecular weight is 379 g/mol. The number of fused-ring (bicyclic) bond motifs is 2. The van der Waals surface area contributed by atoms with Gasteiger partial charge in [0.15, 0.2) is 0 Å². The van der Waals surface area contributed by atoms with Crippen LogP contribution in [0.25, 0.3) is 0 Å². The zero-order chi connectivity index (χ0) is 20.7. The molecule has 2 aliphatic heterocycles. The van der Waals surface area contributed by atoms with Crippen LogP contribution in [0.5, 0.6) is 0 Å². The van der Waals surface area contributed by atoms with Crippen molar-refractivity contribution in [3.05, 3.63) is 70.8 Å². The quantitative estimate of drug-likeness (QED) is 0.655. The monoisotopic (exact) mass is 378 g/mol. The van der Waals surface area contributed by atoms with E-state index in [1.807, 2.05) is 58.3 Å². The highest BCUT2D eigenvalue weighted by Crippen LogP contribution is 2.29. The van der Waals surface area contributed by atoms with Crippen molar-refractivity contribution in [1.29, 1.82) is 0 Å². The molecule has 0 radical (unpaired) electrons. The molecule has 4 rings (SSSR count). The maximum absolute atomic E-state index is 12.0. The second-order valence-electron chi connectivity index (χ2n) is 9.44. The summed E-state index contributed by atoms with van der Waals surface area (Å²) < 4.78 is 0. The van der Waals surface area contributed by atoms with Gasteiger partial charge in [-0.05, 0) is 64.8 Å². The van der Waals surface area contributed by atoms with E-state index >= 15 is 0 Å². The number of nitrogens with zero attached hydrogens (tertiary/aromatic N) is 2. The van der Waals surface area contributed by atoms with Crippen molar-refractivity contribution in [1.82, 2.24) is 9.80 Å². The van der Waals surface area contributed by atoms with Gasteiger partial charge < -0.3 is 9.80 Å². The van der Waals surface area contributed by atoms with Gasteiger partial charge in [0.25, 0.3) is 11.8 Å². The van der Waals surface area contributed by atoms with Gasteiger partial charge in [0.1, 0.15) is 0 Å². The predicted molar refractivity (Wildman–Crippen MR) is 112 cm³/mol. The molecule has 4 nitrogen and oxygen atoms in total. The lowest BCUT2D eigenvalue weighted by Crippen LogP contribution is -2.41. The second kappa shape index (κ2) is 7.08. The molecule has 28 heavy (non-hydrogen) atoms. The van der Waals surface area contributed by atoms with Crippen molar-refractivity contribution < 1.29 is 9.59 Å². The van der Waals surface area contributed by atoms with Crippen LogP contribution in [-0.4, -0.2) is 32.7 Å². The van der Waals surface area contributed by atoms with E-state index in [2.05, 4.69) is 41.5 Å². The zero-order valence-electron chi connectivity index (χ0n) is 17.7. The molecule has 2 amide bonds. The van der Waals surface area contributed by atoms with Crippen molar-refractivity contribution in [2.24, 2.45) is 0 Å². The topological polar surface area (TPSA) is 40.6 Å². The molecule has 2 aliphatic rings. The average Bonchev–Trinajstić information content (AvgIpc) is 3.14. The Bertz CT molecular complexity index is 828. The Kier molecular flexibility index (Phi) is 5.09. The molecule has 0 fully saturated rings. The van der Waals surface area contributed by atoms with Crippen molar-refractivity contribution >= 4 is 11.8 Å². The molecule has 0 atom stereocenters. The molecule has 0 spiro atoms. The van der Waals surface area contributed by atoms with Crippen molar-refractivity contribution in [3.63, 3.8) is 0 Å². The number of carbonyl (C=O) groups is 2. The minimum absolute atomic E-state index is 0.0872. The molecule has 2 aromatic carbocycles. The van der Waals surface area contributed by atoms with E-state index in [-0.39, 0.29) is 22.9 Å². The van der Waals surface area contributed by atoms with E-state index in [4.69, 9.17) is 0 Å². The molecule has 0 unspecified atom stereocenters. The van der Waals surface area contributed by atoms with Gasteiger partial charge in [-0.25, -0.2) is 0 Å². The Morgan fingerprint density at radius 1 is 0.607 bits per heavy atom. The molecule has 0 bridgehead atoms. The summed E-state index contributed by atoms with van der Waals surface area (Å²) in [6, 6.07) is 15.7.